The Kier molecular flexibility index (Phi) is 4.75. The zero-order valence-corrected chi connectivity index (χ0v) is 22.8. The standard InChI is InChI=1S/C36H28Ge/c1-5-13-29-25(9-1)17-21-33(29)37(34-22-18-26-10-2-6-14-30(26)34,35-23-19-27-11-3-7-15-31(27)35)36-24-20-28-12-4-8-16-32(28)36/h1-24,33-36H. The van der Waals surface area contributed by atoms with E-state index in [-0.39, 0.29) is 0 Å². The average Bonchev–Trinajstić information content (AvgIpc) is 3.75. The number of fused-ring (bicyclic) bond motifs is 4. The van der Waals surface area contributed by atoms with Crippen LogP contribution in [0, 0.1) is 0 Å². The van der Waals surface area contributed by atoms with E-state index in [9.17, 15) is 0 Å². The summed E-state index contributed by atoms with van der Waals surface area (Å²) in [5.74, 6) is 0. The van der Waals surface area contributed by atoms with E-state index < -0.39 is 13.3 Å². The van der Waals surface area contributed by atoms with Crippen LogP contribution in [0.5, 0.6) is 0 Å². The van der Waals surface area contributed by atoms with E-state index in [1.165, 1.54) is 44.5 Å². The Morgan fingerprint density at radius 2 is 0.568 bits per heavy atom. The van der Waals surface area contributed by atoms with E-state index in [4.69, 9.17) is 0 Å². The van der Waals surface area contributed by atoms with Gasteiger partial charge in [0.05, 0.1) is 0 Å². The number of hydrogen-bond donors (Lipinski definition) is 0. The van der Waals surface area contributed by atoms with Gasteiger partial charge >= 0.3 is 222 Å². The zero-order chi connectivity index (χ0) is 24.4. The topological polar surface area (TPSA) is 0 Å². The van der Waals surface area contributed by atoms with Crippen molar-refractivity contribution in [2.24, 2.45) is 0 Å². The molecule has 4 unspecified atom stereocenters. The molecule has 0 aliphatic heterocycles. The van der Waals surface area contributed by atoms with Gasteiger partial charge in [0.1, 0.15) is 0 Å². The van der Waals surface area contributed by atoms with Gasteiger partial charge in [-0.3, -0.25) is 0 Å². The van der Waals surface area contributed by atoms with Crippen molar-refractivity contribution < 1.29 is 0 Å². The van der Waals surface area contributed by atoms with Crippen molar-refractivity contribution in [3.63, 3.8) is 0 Å². The summed E-state index contributed by atoms with van der Waals surface area (Å²) in [4.78, 5) is 0. The molecule has 4 atom stereocenters. The fourth-order valence-electron chi connectivity index (χ4n) is 7.90. The van der Waals surface area contributed by atoms with Crippen LogP contribution in [0.25, 0.3) is 24.3 Å². The summed E-state index contributed by atoms with van der Waals surface area (Å²) in [7, 11) is 0. The Bertz CT molecular complexity index is 1410. The van der Waals surface area contributed by atoms with E-state index >= 15 is 0 Å². The molecular formula is C36H28Ge. The molecule has 0 amide bonds. The van der Waals surface area contributed by atoms with E-state index in [2.05, 4.69) is 146 Å². The number of hydrogen-bond acceptors (Lipinski definition) is 0. The third-order valence-electron chi connectivity index (χ3n) is 9.35. The molecule has 4 aliphatic rings. The minimum absolute atomic E-state index is 0.457. The van der Waals surface area contributed by atoms with Crippen LogP contribution in [-0.4, -0.2) is 13.3 Å². The molecule has 0 N–H and O–H groups in total. The molecule has 0 fully saturated rings. The van der Waals surface area contributed by atoms with Crippen LogP contribution in [-0.2, 0) is 0 Å². The van der Waals surface area contributed by atoms with Crippen LogP contribution in [0.3, 0.4) is 0 Å². The van der Waals surface area contributed by atoms with Gasteiger partial charge in [0.25, 0.3) is 0 Å². The van der Waals surface area contributed by atoms with Gasteiger partial charge in [-0.05, 0) is 0 Å². The van der Waals surface area contributed by atoms with Crippen LogP contribution >= 0.6 is 0 Å². The Morgan fingerprint density at radius 1 is 0.324 bits per heavy atom. The van der Waals surface area contributed by atoms with Gasteiger partial charge in [0.2, 0.25) is 0 Å². The Hall–Kier alpha value is -3.62. The molecule has 8 rings (SSSR count). The first-order valence-corrected chi connectivity index (χ1v) is 18.3. The molecule has 4 aliphatic carbocycles. The summed E-state index contributed by atoms with van der Waals surface area (Å²) in [5, 5.41) is 0. The summed E-state index contributed by atoms with van der Waals surface area (Å²) in [6, 6.07) is 36.7. The monoisotopic (exact) mass is 534 g/mol. The summed E-state index contributed by atoms with van der Waals surface area (Å²) in [6.45, 7) is 0. The maximum atomic E-state index is 2.60. The van der Waals surface area contributed by atoms with E-state index in [0.717, 1.165) is 0 Å². The van der Waals surface area contributed by atoms with Crippen LogP contribution in [0.4, 0.5) is 0 Å². The van der Waals surface area contributed by atoms with Gasteiger partial charge < -0.3 is 0 Å². The van der Waals surface area contributed by atoms with Crippen molar-refractivity contribution in [1.82, 2.24) is 0 Å². The van der Waals surface area contributed by atoms with Crippen LogP contribution < -0.4 is 0 Å². The molecule has 0 saturated heterocycles. The third kappa shape index (κ3) is 2.97. The number of allylic oxidation sites excluding steroid dienone is 4. The molecule has 4 aromatic carbocycles. The summed E-state index contributed by atoms with van der Waals surface area (Å²) in [5.41, 5.74) is 11.8. The van der Waals surface area contributed by atoms with Crippen LogP contribution in [0.15, 0.2) is 121 Å². The summed E-state index contributed by atoms with van der Waals surface area (Å²) >= 11 is -3.21. The van der Waals surface area contributed by atoms with E-state index in [1.54, 1.807) is 0 Å². The quantitative estimate of drug-likeness (QED) is 0.230. The molecule has 4 aromatic rings. The van der Waals surface area contributed by atoms with Gasteiger partial charge in [-0.1, -0.05) is 0 Å². The summed E-state index contributed by atoms with van der Waals surface area (Å²) in [6.07, 6.45) is 20.1. The van der Waals surface area contributed by atoms with Gasteiger partial charge in [-0.2, -0.15) is 0 Å². The fourth-order valence-corrected chi connectivity index (χ4v) is 23.1. The van der Waals surface area contributed by atoms with Crippen molar-refractivity contribution >= 4 is 37.6 Å². The molecule has 0 aromatic heterocycles. The van der Waals surface area contributed by atoms with Crippen molar-refractivity contribution in [2.75, 3.05) is 0 Å². The first-order valence-electron chi connectivity index (χ1n) is 13.4. The first kappa shape index (κ1) is 21.5. The normalized spacial score (nSPS) is 25.1. The fraction of sp³-hybridized carbons (Fsp3) is 0.111. The molecular weight excluding hydrogens is 505 g/mol. The predicted molar refractivity (Wildman–Crippen MR) is 159 cm³/mol. The average molecular weight is 533 g/mol. The Morgan fingerprint density at radius 3 is 0.838 bits per heavy atom. The minimum atomic E-state index is -3.21. The van der Waals surface area contributed by atoms with Crippen LogP contribution in [0.1, 0.15) is 63.5 Å². The molecule has 0 radical (unpaired) electrons. The molecule has 176 valence electrons. The number of rotatable bonds is 4. The molecule has 37 heavy (non-hydrogen) atoms. The van der Waals surface area contributed by atoms with Crippen LogP contribution in [0.2, 0.25) is 0 Å². The number of benzene rings is 4. The summed E-state index contributed by atoms with van der Waals surface area (Å²) < 4.78 is 1.83. The molecule has 0 heterocycles. The molecule has 1 heteroatoms. The molecule has 0 spiro atoms. The van der Waals surface area contributed by atoms with Gasteiger partial charge in [-0.25, -0.2) is 0 Å². The second-order valence-electron chi connectivity index (χ2n) is 10.9. The SMILES string of the molecule is C1=C[CH]([Ge]([CH]2C=Cc3ccccc32)([CH]2C=Cc3ccccc32)[CH]2C=Cc3ccccc32)c2ccccc21. The predicted octanol–water partition coefficient (Wildman–Crippen LogP) is 8.83. The van der Waals surface area contributed by atoms with E-state index in [0.29, 0.717) is 19.0 Å². The molecule has 0 saturated carbocycles. The molecule has 0 nitrogen and oxygen atoms in total. The third-order valence-corrected chi connectivity index (χ3v) is 22.6. The van der Waals surface area contributed by atoms with Crippen molar-refractivity contribution in [1.29, 1.82) is 0 Å². The molecule has 0 bridgehead atoms. The van der Waals surface area contributed by atoms with E-state index in [1.807, 2.05) is 0 Å². The Balaban J connectivity index is 1.47. The van der Waals surface area contributed by atoms with Crippen molar-refractivity contribution in [3.8, 4) is 0 Å². The van der Waals surface area contributed by atoms with Gasteiger partial charge in [0, 0.05) is 0 Å². The maximum absolute atomic E-state index is 3.21. The van der Waals surface area contributed by atoms with Gasteiger partial charge in [0.15, 0.2) is 0 Å². The second kappa shape index (κ2) is 8.20. The Labute approximate surface area is 221 Å². The zero-order valence-electron chi connectivity index (χ0n) is 20.7. The van der Waals surface area contributed by atoms with Crippen molar-refractivity contribution in [3.05, 3.63) is 166 Å². The van der Waals surface area contributed by atoms with Crippen molar-refractivity contribution in [2.45, 2.75) is 19.0 Å². The van der Waals surface area contributed by atoms with Gasteiger partial charge in [-0.15, -0.1) is 0 Å². The second-order valence-corrected chi connectivity index (χ2v) is 20.3. The first-order chi connectivity index (χ1) is 18.4.